The highest BCUT2D eigenvalue weighted by Gasteiger charge is 2.51. The van der Waals surface area contributed by atoms with Crippen LogP contribution in [0.25, 0.3) is 32.9 Å². The third kappa shape index (κ3) is 4.83. The predicted octanol–water partition coefficient (Wildman–Crippen LogP) is 5.12. The number of benzene rings is 2. The van der Waals surface area contributed by atoms with Crippen molar-refractivity contribution in [2.24, 2.45) is 17.3 Å². The van der Waals surface area contributed by atoms with Crippen molar-refractivity contribution >= 4 is 33.4 Å². The zero-order valence-electron chi connectivity index (χ0n) is 26.8. The molecule has 3 aliphatic heterocycles. The Morgan fingerprint density at radius 2 is 1.85 bits per heavy atom. The lowest BCUT2D eigenvalue weighted by Crippen LogP contribution is -2.55. The zero-order valence-corrected chi connectivity index (χ0v) is 26.8. The van der Waals surface area contributed by atoms with Gasteiger partial charge in [-0.05, 0) is 67.5 Å². The van der Waals surface area contributed by atoms with E-state index in [-0.39, 0.29) is 62.9 Å². The Hall–Kier alpha value is -4.56. The number of carbonyl (C=O) groups is 1. The largest absolute Gasteiger partial charge is 0.508 e. The molecule has 9 rings (SSSR count). The summed E-state index contributed by atoms with van der Waals surface area (Å²) >= 11 is 0. The summed E-state index contributed by atoms with van der Waals surface area (Å²) in [6.45, 7) is 6.45. The van der Waals surface area contributed by atoms with Crippen molar-refractivity contribution in [3.05, 3.63) is 47.7 Å². The summed E-state index contributed by atoms with van der Waals surface area (Å²) in [6, 6.07) is 5.67. The number of amides is 1. The summed E-state index contributed by atoms with van der Waals surface area (Å²) in [5.74, 6) is 3.16. The second-order valence-corrected chi connectivity index (χ2v) is 14.6. The van der Waals surface area contributed by atoms with Crippen LogP contribution in [0.2, 0.25) is 0 Å². The first-order chi connectivity index (χ1) is 23.2. The maximum atomic E-state index is 16.9. The van der Waals surface area contributed by atoms with Gasteiger partial charge in [0.05, 0.1) is 17.6 Å². The molecule has 5 aliphatic rings. The number of phenolic OH excluding ortho intramolecular Hbond substituents is 1. The summed E-state index contributed by atoms with van der Waals surface area (Å²) in [7, 11) is 0. The first-order valence-electron chi connectivity index (χ1n) is 16.9. The minimum atomic E-state index is -0.747. The minimum Gasteiger partial charge on any atom is -0.508 e. The molecular weight excluding hydrogens is 614 g/mol. The third-order valence-electron chi connectivity index (χ3n) is 11.3. The first kappa shape index (κ1) is 29.6. The normalized spacial score (nSPS) is 25.4. The summed E-state index contributed by atoms with van der Waals surface area (Å²) < 4.78 is 38.1. The number of terminal acetylenes is 1. The number of aromatic hydroxyl groups is 1. The molecule has 1 amide bonds. The zero-order chi connectivity index (χ0) is 32.9. The quantitative estimate of drug-likeness (QED) is 0.276. The van der Waals surface area contributed by atoms with Crippen molar-refractivity contribution in [1.29, 1.82) is 0 Å². The van der Waals surface area contributed by atoms with Crippen LogP contribution < -0.4 is 9.64 Å². The predicted molar refractivity (Wildman–Crippen MR) is 177 cm³/mol. The van der Waals surface area contributed by atoms with Crippen molar-refractivity contribution < 1.29 is 23.4 Å². The molecule has 2 aromatic heterocycles. The van der Waals surface area contributed by atoms with Crippen molar-refractivity contribution in [3.8, 4) is 35.4 Å². The molecule has 3 saturated heterocycles. The Morgan fingerprint density at radius 3 is 2.54 bits per heavy atom. The summed E-state index contributed by atoms with van der Waals surface area (Å²) in [6.07, 6.45) is 12.5. The number of anilines is 1. The molecule has 246 valence electrons. The number of fused-ring (bicyclic) bond motifs is 5. The summed E-state index contributed by atoms with van der Waals surface area (Å²) in [5.41, 5.74) is 0.0580. The molecule has 1 N–H and O–H groups in total. The number of pyridine rings is 1. The van der Waals surface area contributed by atoms with Crippen LogP contribution in [0.5, 0.6) is 11.8 Å². The topological polar surface area (TPSA) is 94.9 Å². The van der Waals surface area contributed by atoms with Crippen LogP contribution in [-0.2, 0) is 4.79 Å². The van der Waals surface area contributed by atoms with E-state index in [9.17, 15) is 14.3 Å². The van der Waals surface area contributed by atoms with Gasteiger partial charge in [-0.25, -0.2) is 8.78 Å². The fourth-order valence-corrected chi connectivity index (χ4v) is 8.70. The van der Waals surface area contributed by atoms with E-state index >= 15 is 4.39 Å². The Kier molecular flexibility index (Phi) is 6.61. The van der Waals surface area contributed by atoms with E-state index in [2.05, 4.69) is 25.7 Å². The van der Waals surface area contributed by atoms with Gasteiger partial charge in [0.1, 0.15) is 28.6 Å². The number of aromatic nitrogens is 3. The maximum Gasteiger partial charge on any atom is 0.319 e. The number of piperidine rings is 1. The number of piperazine rings is 1. The molecular formula is C37H36F2N6O3. The van der Waals surface area contributed by atoms with Gasteiger partial charge in [0, 0.05) is 74.3 Å². The number of hydrogen-bond donors (Lipinski definition) is 1. The average molecular weight is 651 g/mol. The molecule has 0 spiro atoms. The molecule has 11 heteroatoms. The Balaban J connectivity index is 1.13. The van der Waals surface area contributed by atoms with Crippen LogP contribution >= 0.6 is 0 Å². The van der Waals surface area contributed by atoms with E-state index in [1.54, 1.807) is 6.92 Å². The van der Waals surface area contributed by atoms with E-state index in [0.717, 1.165) is 57.2 Å². The van der Waals surface area contributed by atoms with E-state index < -0.39 is 11.6 Å². The first-order valence-corrected chi connectivity index (χ1v) is 16.9. The van der Waals surface area contributed by atoms with Crippen LogP contribution in [0.3, 0.4) is 0 Å². The van der Waals surface area contributed by atoms with Gasteiger partial charge in [-0.3, -0.25) is 9.78 Å². The number of carbonyl (C=O) groups excluding carboxylic acids is 1. The Morgan fingerprint density at radius 1 is 1.10 bits per heavy atom. The van der Waals surface area contributed by atoms with E-state index in [1.165, 1.54) is 36.9 Å². The van der Waals surface area contributed by atoms with Crippen molar-refractivity contribution in [3.63, 3.8) is 0 Å². The monoisotopic (exact) mass is 650 g/mol. The highest BCUT2D eigenvalue weighted by atomic mass is 19.1. The van der Waals surface area contributed by atoms with Gasteiger partial charge >= 0.3 is 6.01 Å². The van der Waals surface area contributed by atoms with Gasteiger partial charge in [0.2, 0.25) is 5.91 Å². The Labute approximate surface area is 276 Å². The summed E-state index contributed by atoms with van der Waals surface area (Å²) in [4.78, 5) is 33.1. The third-order valence-corrected chi connectivity index (χ3v) is 11.3. The number of nitrogens with zero attached hydrogens (tertiary/aromatic N) is 6. The lowest BCUT2D eigenvalue weighted by atomic mass is 9.96. The van der Waals surface area contributed by atoms with E-state index in [0.29, 0.717) is 36.3 Å². The molecule has 4 atom stereocenters. The molecule has 4 aromatic rings. The van der Waals surface area contributed by atoms with Crippen LogP contribution in [0, 0.1) is 41.2 Å². The highest BCUT2D eigenvalue weighted by Crippen LogP contribution is 2.51. The smallest absolute Gasteiger partial charge is 0.319 e. The fourth-order valence-electron chi connectivity index (χ4n) is 8.70. The van der Waals surface area contributed by atoms with E-state index in [4.69, 9.17) is 16.1 Å². The van der Waals surface area contributed by atoms with Gasteiger partial charge in [0.15, 0.2) is 5.82 Å². The van der Waals surface area contributed by atoms with Gasteiger partial charge < -0.3 is 24.5 Å². The van der Waals surface area contributed by atoms with Crippen LogP contribution in [0.4, 0.5) is 14.6 Å². The Bertz CT molecular complexity index is 2040. The second kappa shape index (κ2) is 10.7. The van der Waals surface area contributed by atoms with Crippen LogP contribution in [0.1, 0.15) is 44.6 Å². The SMILES string of the molecule is C#Cc1c(F)ccc2cc(O)cc(-c3ncc4c(N5CC6CCC(C5)N6C(C)=O)nc(OCC5(CN6CC7CC7C6)CC5)nc4c3F)c12. The number of hydrogen-bond acceptors (Lipinski definition) is 8. The lowest BCUT2D eigenvalue weighted by molar-refractivity contribution is -0.132. The average Bonchev–Trinajstić information content (AvgIpc) is 3.95. The number of rotatable bonds is 7. The molecule has 2 bridgehead atoms. The molecule has 0 radical (unpaired) electrons. The standard InChI is InChI=1S/C37H36F2N6O3/c1-3-27-30(38)7-4-21-11-26(47)12-28(31(21)27)33-32(39)34-29(13-40-33)35(44-16-24-5-6-25(17-44)45(24)20(2)46)42-36(41-34)48-19-37(8-9-37)18-43-14-22-10-23(22)15-43/h1,4,7,11-13,22-25,47H,5-6,8-10,14-19H2,2H3. The number of ether oxygens (including phenoxy) is 1. The molecule has 9 nitrogen and oxygen atoms in total. The number of phenols is 1. The molecule has 2 aliphatic carbocycles. The molecule has 2 aromatic carbocycles. The summed E-state index contributed by atoms with van der Waals surface area (Å²) in [5, 5.41) is 11.7. The molecule has 2 saturated carbocycles. The van der Waals surface area contributed by atoms with Crippen molar-refractivity contribution in [2.45, 2.75) is 51.1 Å². The highest BCUT2D eigenvalue weighted by molar-refractivity contribution is 6.03. The van der Waals surface area contributed by atoms with Gasteiger partial charge in [-0.2, -0.15) is 9.97 Å². The molecule has 5 fully saturated rings. The molecule has 5 heterocycles. The van der Waals surface area contributed by atoms with Crippen LogP contribution in [-0.4, -0.2) is 87.2 Å². The molecule has 4 unspecified atom stereocenters. The maximum absolute atomic E-state index is 16.9. The van der Waals surface area contributed by atoms with Crippen LogP contribution in [0.15, 0.2) is 30.5 Å². The minimum absolute atomic E-state index is 0.0148. The van der Waals surface area contributed by atoms with Gasteiger partial charge in [-0.15, -0.1) is 6.42 Å². The second-order valence-electron chi connectivity index (χ2n) is 14.6. The van der Waals surface area contributed by atoms with Crippen molar-refractivity contribution in [1.82, 2.24) is 24.8 Å². The van der Waals surface area contributed by atoms with Crippen molar-refractivity contribution in [2.75, 3.05) is 44.2 Å². The number of likely N-dealkylation sites (tertiary alicyclic amines) is 1. The molecule has 48 heavy (non-hydrogen) atoms. The fraction of sp³-hybridized carbons (Fsp3) is 0.459. The number of halogens is 2. The lowest BCUT2D eigenvalue weighted by Gasteiger charge is -2.41. The van der Waals surface area contributed by atoms with Gasteiger partial charge in [0.25, 0.3) is 0 Å². The van der Waals surface area contributed by atoms with E-state index in [1.807, 2.05) is 4.90 Å². The van der Waals surface area contributed by atoms with Gasteiger partial charge in [-0.1, -0.05) is 12.0 Å².